The number of hydrogen-bond acceptors (Lipinski definition) is 4. The van der Waals surface area contributed by atoms with E-state index in [0.29, 0.717) is 24.4 Å². The van der Waals surface area contributed by atoms with E-state index >= 15 is 0 Å². The molecule has 1 N–H and O–H groups in total. The summed E-state index contributed by atoms with van der Waals surface area (Å²) < 4.78 is 13.3. The molecule has 0 radical (unpaired) electrons. The highest BCUT2D eigenvalue weighted by atomic mass is 19.1. The molecule has 0 spiro atoms. The van der Waals surface area contributed by atoms with E-state index in [9.17, 15) is 19.1 Å². The Morgan fingerprint density at radius 1 is 1.06 bits per heavy atom. The largest absolute Gasteiger partial charge is 0.507 e. The molecule has 0 bridgehead atoms. The highest BCUT2D eigenvalue weighted by Gasteiger charge is 2.45. The molecule has 1 heterocycles. The van der Waals surface area contributed by atoms with Crippen LogP contribution in [-0.2, 0) is 9.59 Å². The lowest BCUT2D eigenvalue weighted by molar-refractivity contribution is -0.139. The molecule has 2 aromatic carbocycles. The lowest BCUT2D eigenvalue weighted by Gasteiger charge is -2.26. The Morgan fingerprint density at radius 2 is 1.68 bits per heavy atom. The molecule has 1 aliphatic rings. The number of halogens is 1. The number of Topliss-reactive ketones (excluding diaryl/α,β-unsaturated/α-hetero) is 1. The first kappa shape index (κ1) is 22.7. The highest BCUT2D eigenvalue weighted by molar-refractivity contribution is 6.46. The third-order valence-corrected chi connectivity index (χ3v) is 5.58. The molecule has 0 aliphatic carbocycles. The lowest BCUT2D eigenvalue weighted by atomic mass is 9.93. The van der Waals surface area contributed by atoms with Crippen molar-refractivity contribution in [2.45, 2.75) is 32.2 Å². The van der Waals surface area contributed by atoms with Crippen LogP contribution in [0.2, 0.25) is 0 Å². The second kappa shape index (κ2) is 9.43. The number of ketones is 1. The lowest BCUT2D eigenvalue weighted by Crippen LogP contribution is -2.32. The van der Waals surface area contributed by atoms with Crippen LogP contribution in [-0.4, -0.2) is 53.8 Å². The third kappa shape index (κ3) is 4.85. The summed E-state index contributed by atoms with van der Waals surface area (Å²) >= 11 is 0. The SMILES string of the molecule is CC(C)c1ccc([C@@H]2C(=C(O)c3ccc(F)cc3)C(=O)C(=O)N2CCCN(C)C)cc1. The van der Waals surface area contributed by atoms with Crippen LogP contribution in [0, 0.1) is 5.82 Å². The summed E-state index contributed by atoms with van der Waals surface area (Å²) in [6.45, 7) is 5.34. The zero-order valence-corrected chi connectivity index (χ0v) is 18.4. The predicted octanol–water partition coefficient (Wildman–Crippen LogP) is 4.32. The van der Waals surface area contributed by atoms with Gasteiger partial charge in [0.1, 0.15) is 11.6 Å². The van der Waals surface area contributed by atoms with Gasteiger partial charge in [-0.3, -0.25) is 9.59 Å². The normalized spacial score (nSPS) is 18.4. The van der Waals surface area contributed by atoms with E-state index < -0.39 is 23.5 Å². The van der Waals surface area contributed by atoms with Gasteiger partial charge in [0.15, 0.2) is 0 Å². The topological polar surface area (TPSA) is 60.9 Å². The van der Waals surface area contributed by atoms with Crippen molar-refractivity contribution in [3.8, 4) is 0 Å². The molecule has 2 aromatic rings. The molecule has 3 rings (SSSR count). The fourth-order valence-corrected chi connectivity index (χ4v) is 3.84. The Hall–Kier alpha value is -2.99. The Kier molecular flexibility index (Phi) is 6.91. The van der Waals surface area contributed by atoms with Crippen molar-refractivity contribution < 1.29 is 19.1 Å². The minimum Gasteiger partial charge on any atom is -0.507 e. The van der Waals surface area contributed by atoms with E-state index in [2.05, 4.69) is 13.8 Å². The molecule has 164 valence electrons. The number of carbonyl (C=O) groups excluding carboxylic acids is 2. The van der Waals surface area contributed by atoms with Gasteiger partial charge in [0.2, 0.25) is 0 Å². The van der Waals surface area contributed by atoms with Gasteiger partial charge in [0.25, 0.3) is 11.7 Å². The maximum absolute atomic E-state index is 13.3. The monoisotopic (exact) mass is 424 g/mol. The predicted molar refractivity (Wildman–Crippen MR) is 119 cm³/mol. The average Bonchev–Trinajstić information content (AvgIpc) is 2.98. The van der Waals surface area contributed by atoms with Crippen LogP contribution in [0.1, 0.15) is 48.9 Å². The van der Waals surface area contributed by atoms with Gasteiger partial charge >= 0.3 is 0 Å². The number of carbonyl (C=O) groups is 2. The zero-order chi connectivity index (χ0) is 22.7. The number of likely N-dealkylation sites (tertiary alicyclic amines) is 1. The number of hydrogen-bond donors (Lipinski definition) is 1. The smallest absolute Gasteiger partial charge is 0.295 e. The number of aliphatic hydroxyl groups excluding tert-OH is 1. The first-order valence-electron chi connectivity index (χ1n) is 10.5. The minimum atomic E-state index is -0.718. The van der Waals surface area contributed by atoms with Crippen LogP contribution < -0.4 is 0 Å². The molecule has 0 aromatic heterocycles. The quantitative estimate of drug-likeness (QED) is 0.408. The molecular formula is C25H29FN2O3. The highest BCUT2D eigenvalue weighted by Crippen LogP contribution is 2.39. The van der Waals surface area contributed by atoms with Crippen molar-refractivity contribution in [1.82, 2.24) is 9.80 Å². The molecule has 1 atom stereocenters. The van der Waals surface area contributed by atoms with E-state index in [4.69, 9.17) is 0 Å². The van der Waals surface area contributed by atoms with Crippen LogP contribution in [0.3, 0.4) is 0 Å². The second-order valence-electron chi connectivity index (χ2n) is 8.48. The van der Waals surface area contributed by atoms with Gasteiger partial charge in [-0.05, 0) is 68.4 Å². The number of amides is 1. The van der Waals surface area contributed by atoms with Gasteiger partial charge in [-0.2, -0.15) is 0 Å². The summed E-state index contributed by atoms with van der Waals surface area (Å²) in [5, 5.41) is 11.0. The van der Waals surface area contributed by atoms with E-state index in [1.807, 2.05) is 43.3 Å². The summed E-state index contributed by atoms with van der Waals surface area (Å²) in [5.74, 6) is -1.72. The van der Waals surface area contributed by atoms with E-state index in [1.165, 1.54) is 29.2 Å². The van der Waals surface area contributed by atoms with Gasteiger partial charge in [0.05, 0.1) is 11.6 Å². The van der Waals surface area contributed by atoms with Crippen LogP contribution >= 0.6 is 0 Å². The van der Waals surface area contributed by atoms with Gasteiger partial charge in [-0.25, -0.2) is 4.39 Å². The van der Waals surface area contributed by atoms with E-state index in [1.54, 1.807) is 0 Å². The average molecular weight is 425 g/mol. The summed E-state index contributed by atoms with van der Waals surface area (Å²) in [5.41, 5.74) is 2.25. The minimum absolute atomic E-state index is 0.0405. The number of nitrogens with zero attached hydrogens (tertiary/aromatic N) is 2. The maximum atomic E-state index is 13.3. The molecule has 31 heavy (non-hydrogen) atoms. The Bertz CT molecular complexity index is 979. The van der Waals surface area contributed by atoms with Crippen molar-refractivity contribution in [2.24, 2.45) is 0 Å². The van der Waals surface area contributed by atoms with Crippen LogP contribution in [0.4, 0.5) is 4.39 Å². The van der Waals surface area contributed by atoms with Crippen molar-refractivity contribution in [2.75, 3.05) is 27.2 Å². The fraction of sp³-hybridized carbons (Fsp3) is 0.360. The van der Waals surface area contributed by atoms with Crippen molar-refractivity contribution in [3.63, 3.8) is 0 Å². The summed E-state index contributed by atoms with van der Waals surface area (Å²) in [6, 6.07) is 12.3. The standard InChI is InChI=1S/C25H29FN2O3/c1-16(2)17-6-8-18(9-7-17)22-21(23(29)19-10-12-20(26)13-11-19)24(30)25(31)28(22)15-5-14-27(3)4/h6-13,16,22,29H,5,14-15H2,1-4H3/t22-/m1/s1. The van der Waals surface area contributed by atoms with Crippen LogP contribution in [0.25, 0.3) is 5.76 Å². The first-order valence-corrected chi connectivity index (χ1v) is 10.5. The van der Waals surface area contributed by atoms with Gasteiger partial charge in [0, 0.05) is 12.1 Å². The Morgan fingerprint density at radius 3 is 2.23 bits per heavy atom. The molecule has 0 saturated carbocycles. The molecule has 1 saturated heterocycles. The van der Waals surface area contributed by atoms with Crippen molar-refractivity contribution >= 4 is 17.4 Å². The van der Waals surface area contributed by atoms with Gasteiger partial charge in [-0.15, -0.1) is 0 Å². The second-order valence-corrected chi connectivity index (χ2v) is 8.48. The number of benzene rings is 2. The molecule has 1 aliphatic heterocycles. The van der Waals surface area contributed by atoms with Crippen molar-refractivity contribution in [3.05, 3.63) is 76.6 Å². The number of rotatable bonds is 7. The first-order chi connectivity index (χ1) is 14.7. The summed E-state index contributed by atoms with van der Waals surface area (Å²) in [4.78, 5) is 29.4. The summed E-state index contributed by atoms with van der Waals surface area (Å²) in [6.07, 6.45) is 0.692. The molecule has 1 fully saturated rings. The summed E-state index contributed by atoms with van der Waals surface area (Å²) in [7, 11) is 3.90. The third-order valence-electron chi connectivity index (χ3n) is 5.58. The van der Waals surface area contributed by atoms with E-state index in [-0.39, 0.29) is 11.3 Å². The van der Waals surface area contributed by atoms with E-state index in [0.717, 1.165) is 17.7 Å². The Balaban J connectivity index is 2.08. The van der Waals surface area contributed by atoms with Crippen LogP contribution in [0.15, 0.2) is 54.1 Å². The van der Waals surface area contributed by atoms with Gasteiger partial charge in [-0.1, -0.05) is 38.1 Å². The fourth-order valence-electron chi connectivity index (χ4n) is 3.84. The number of aliphatic hydroxyl groups is 1. The zero-order valence-electron chi connectivity index (χ0n) is 18.4. The van der Waals surface area contributed by atoms with Gasteiger partial charge < -0.3 is 14.9 Å². The Labute approximate surface area is 182 Å². The molecule has 0 unspecified atom stereocenters. The van der Waals surface area contributed by atoms with Crippen LogP contribution in [0.5, 0.6) is 0 Å². The molecule has 6 heteroatoms. The molecule has 1 amide bonds. The maximum Gasteiger partial charge on any atom is 0.295 e. The molecular weight excluding hydrogens is 395 g/mol. The molecule has 5 nitrogen and oxygen atoms in total. The van der Waals surface area contributed by atoms with Crippen molar-refractivity contribution in [1.29, 1.82) is 0 Å².